The third kappa shape index (κ3) is 3.41. The van der Waals surface area contributed by atoms with E-state index in [2.05, 4.69) is 25.3 Å². The van der Waals surface area contributed by atoms with Crippen molar-refractivity contribution in [3.05, 3.63) is 42.2 Å². The van der Waals surface area contributed by atoms with E-state index in [1.165, 1.54) is 0 Å². The zero-order valence-electron chi connectivity index (χ0n) is 15.5. The number of rotatable bonds is 7. The SMILES string of the molecule is COc1ccc(CCNc2nc3nc(-c4ccco4)nc-3c(N)[nH]2)cc1OC. The average molecular weight is 380 g/mol. The van der Waals surface area contributed by atoms with E-state index in [-0.39, 0.29) is 0 Å². The van der Waals surface area contributed by atoms with Gasteiger partial charge in [0.05, 0.1) is 20.5 Å². The summed E-state index contributed by atoms with van der Waals surface area (Å²) in [5.41, 5.74) is 7.69. The molecule has 0 bridgehead atoms. The van der Waals surface area contributed by atoms with Gasteiger partial charge in [0.2, 0.25) is 5.95 Å². The van der Waals surface area contributed by atoms with Crippen LogP contribution in [0.25, 0.3) is 23.1 Å². The molecule has 0 radical (unpaired) electrons. The summed E-state index contributed by atoms with van der Waals surface area (Å²) in [4.78, 5) is 16.2. The summed E-state index contributed by atoms with van der Waals surface area (Å²) in [7, 11) is 3.24. The number of benzene rings is 1. The summed E-state index contributed by atoms with van der Waals surface area (Å²) in [6.07, 6.45) is 2.33. The van der Waals surface area contributed by atoms with E-state index in [1.54, 1.807) is 32.6 Å². The second-order valence-corrected chi connectivity index (χ2v) is 6.06. The van der Waals surface area contributed by atoms with Crippen LogP contribution in [0.2, 0.25) is 0 Å². The molecule has 1 aromatic carbocycles. The van der Waals surface area contributed by atoms with Gasteiger partial charge in [0.25, 0.3) is 0 Å². The number of hydrogen-bond acceptors (Lipinski definition) is 8. The lowest BCUT2D eigenvalue weighted by molar-refractivity contribution is 0.354. The first-order chi connectivity index (χ1) is 13.7. The summed E-state index contributed by atoms with van der Waals surface area (Å²) in [5, 5.41) is 3.23. The minimum atomic E-state index is 0.393. The normalized spacial score (nSPS) is 10.9. The molecule has 1 aromatic heterocycles. The lowest BCUT2D eigenvalue weighted by atomic mass is 10.1. The molecule has 0 spiro atoms. The van der Waals surface area contributed by atoms with Gasteiger partial charge in [0.1, 0.15) is 5.82 Å². The first kappa shape index (κ1) is 17.7. The number of H-pyrrole nitrogens is 1. The average Bonchev–Trinajstić information content (AvgIpc) is 3.37. The maximum absolute atomic E-state index is 6.08. The lowest BCUT2D eigenvalue weighted by Gasteiger charge is -2.11. The molecule has 28 heavy (non-hydrogen) atoms. The molecule has 9 nitrogen and oxygen atoms in total. The molecular weight excluding hydrogens is 360 g/mol. The molecule has 9 heteroatoms. The third-order valence-corrected chi connectivity index (χ3v) is 4.26. The number of nitrogen functional groups attached to an aromatic ring is 1. The first-order valence-corrected chi connectivity index (χ1v) is 8.70. The zero-order valence-corrected chi connectivity index (χ0v) is 15.5. The van der Waals surface area contributed by atoms with Gasteiger partial charge in [-0.05, 0) is 36.2 Å². The number of anilines is 2. The lowest BCUT2D eigenvalue weighted by Crippen LogP contribution is -2.10. The number of aromatic nitrogens is 4. The molecule has 0 fully saturated rings. The van der Waals surface area contributed by atoms with Crippen LogP contribution < -0.4 is 20.5 Å². The highest BCUT2D eigenvalue weighted by molar-refractivity contribution is 5.71. The number of ether oxygens (including phenoxy) is 2. The van der Waals surface area contributed by atoms with Crippen molar-refractivity contribution in [2.75, 3.05) is 31.8 Å². The number of nitrogens with zero attached hydrogens (tertiary/aromatic N) is 3. The van der Waals surface area contributed by atoms with E-state index in [4.69, 9.17) is 19.6 Å². The highest BCUT2D eigenvalue weighted by atomic mass is 16.5. The summed E-state index contributed by atoms with van der Waals surface area (Å²) in [5.74, 6) is 3.80. The molecule has 144 valence electrons. The molecule has 3 heterocycles. The van der Waals surface area contributed by atoms with Crippen LogP contribution in [-0.4, -0.2) is 40.7 Å². The number of nitrogens with one attached hydrogen (secondary N) is 2. The summed E-state index contributed by atoms with van der Waals surface area (Å²) in [6.45, 7) is 0.642. The van der Waals surface area contributed by atoms with Crippen LogP contribution in [0.15, 0.2) is 41.0 Å². The van der Waals surface area contributed by atoms with Crippen molar-refractivity contribution in [2.24, 2.45) is 0 Å². The molecule has 2 aliphatic rings. The van der Waals surface area contributed by atoms with Gasteiger partial charge < -0.3 is 29.9 Å². The Balaban J connectivity index is 1.47. The fourth-order valence-corrected chi connectivity index (χ4v) is 2.87. The summed E-state index contributed by atoms with van der Waals surface area (Å²) in [6, 6.07) is 9.40. The van der Waals surface area contributed by atoms with Gasteiger partial charge in [-0.25, -0.2) is 9.97 Å². The predicted molar refractivity (Wildman–Crippen MR) is 105 cm³/mol. The van der Waals surface area contributed by atoms with Gasteiger partial charge >= 0.3 is 0 Å². The van der Waals surface area contributed by atoms with Crippen LogP contribution in [0.3, 0.4) is 0 Å². The Morgan fingerprint density at radius 1 is 1.07 bits per heavy atom. The van der Waals surface area contributed by atoms with Crippen molar-refractivity contribution < 1.29 is 13.9 Å². The molecule has 0 saturated heterocycles. The standard InChI is InChI=1S/C19H20N6O3/c1-26-12-6-5-11(10-14(12)27-2)7-8-21-19-23-16(20)15-18(25-19)24-17(22-15)13-4-3-9-28-13/h3-6,9-10H,7-8H2,1-2H3,(H4,20,21,22,23,24,25). The fraction of sp³-hybridized carbons (Fsp3) is 0.211. The monoisotopic (exact) mass is 380 g/mol. The molecule has 2 aromatic rings. The molecule has 0 atom stereocenters. The number of furan rings is 1. The Labute approximate surface area is 161 Å². The maximum Gasteiger partial charge on any atom is 0.203 e. The predicted octanol–water partition coefficient (Wildman–Crippen LogP) is 2.82. The molecule has 2 aliphatic heterocycles. The van der Waals surface area contributed by atoms with Crippen LogP contribution >= 0.6 is 0 Å². The van der Waals surface area contributed by atoms with Gasteiger partial charge in [0, 0.05) is 6.54 Å². The minimum Gasteiger partial charge on any atom is -0.493 e. The van der Waals surface area contributed by atoms with Gasteiger partial charge in [-0.2, -0.15) is 4.98 Å². The minimum absolute atomic E-state index is 0.393. The van der Waals surface area contributed by atoms with Crippen LogP contribution in [0.5, 0.6) is 11.5 Å². The van der Waals surface area contributed by atoms with Gasteiger partial charge in [-0.3, -0.25) is 0 Å². The maximum atomic E-state index is 6.08. The quantitative estimate of drug-likeness (QED) is 0.447. The van der Waals surface area contributed by atoms with Crippen LogP contribution in [-0.2, 0) is 6.42 Å². The molecule has 4 rings (SSSR count). The third-order valence-electron chi connectivity index (χ3n) is 4.26. The summed E-state index contributed by atoms with van der Waals surface area (Å²) >= 11 is 0. The van der Waals surface area contributed by atoms with E-state index in [9.17, 15) is 0 Å². The largest absolute Gasteiger partial charge is 0.493 e. The van der Waals surface area contributed by atoms with Crippen LogP contribution in [0, 0.1) is 0 Å². The van der Waals surface area contributed by atoms with Gasteiger partial charge in [0.15, 0.2) is 34.6 Å². The van der Waals surface area contributed by atoms with Crippen LogP contribution in [0.4, 0.5) is 11.8 Å². The molecule has 0 unspecified atom stereocenters. The van der Waals surface area contributed by atoms with Crippen molar-refractivity contribution in [1.29, 1.82) is 0 Å². The number of aromatic amines is 1. The van der Waals surface area contributed by atoms with E-state index < -0.39 is 0 Å². The highest BCUT2D eigenvalue weighted by Crippen LogP contribution is 2.29. The second kappa shape index (κ2) is 7.47. The van der Waals surface area contributed by atoms with Gasteiger partial charge in [-0.1, -0.05) is 6.07 Å². The molecular formula is C19H20N6O3. The second-order valence-electron chi connectivity index (χ2n) is 6.06. The highest BCUT2D eigenvalue weighted by Gasteiger charge is 2.19. The van der Waals surface area contributed by atoms with E-state index >= 15 is 0 Å². The van der Waals surface area contributed by atoms with Crippen LogP contribution in [0.1, 0.15) is 5.56 Å². The zero-order chi connectivity index (χ0) is 19.5. The fourth-order valence-electron chi connectivity index (χ4n) is 2.87. The van der Waals surface area contributed by atoms with Crippen molar-refractivity contribution in [2.45, 2.75) is 6.42 Å². The molecule has 4 N–H and O–H groups in total. The Morgan fingerprint density at radius 3 is 2.68 bits per heavy atom. The number of hydrogen-bond donors (Lipinski definition) is 3. The van der Waals surface area contributed by atoms with Gasteiger partial charge in [-0.15, -0.1) is 0 Å². The Bertz CT molecular complexity index is 1040. The number of methoxy groups -OCH3 is 2. The smallest absolute Gasteiger partial charge is 0.203 e. The van der Waals surface area contributed by atoms with E-state index in [0.29, 0.717) is 52.9 Å². The Hall–Kier alpha value is -3.75. The summed E-state index contributed by atoms with van der Waals surface area (Å²) < 4.78 is 15.9. The Kier molecular flexibility index (Phi) is 4.71. The molecule has 0 saturated carbocycles. The number of fused-ring (bicyclic) bond motifs is 1. The number of nitrogens with two attached hydrogens (primary N) is 1. The Morgan fingerprint density at radius 2 is 1.93 bits per heavy atom. The molecule has 0 aliphatic carbocycles. The van der Waals surface area contributed by atoms with Crippen molar-refractivity contribution in [1.82, 2.24) is 19.9 Å². The van der Waals surface area contributed by atoms with Crippen molar-refractivity contribution >= 4 is 11.8 Å². The topological polar surface area (TPSA) is 124 Å². The van der Waals surface area contributed by atoms with E-state index in [1.807, 2.05) is 18.2 Å². The first-order valence-electron chi connectivity index (χ1n) is 8.70. The van der Waals surface area contributed by atoms with Crippen molar-refractivity contribution in [3.63, 3.8) is 0 Å². The molecule has 0 amide bonds. The van der Waals surface area contributed by atoms with E-state index in [0.717, 1.165) is 12.0 Å². The van der Waals surface area contributed by atoms with Crippen molar-refractivity contribution in [3.8, 4) is 34.6 Å². The number of imidazole rings is 1.